The summed E-state index contributed by atoms with van der Waals surface area (Å²) in [5, 5.41) is 8.06. The lowest BCUT2D eigenvalue weighted by molar-refractivity contribution is -0.138. The summed E-state index contributed by atoms with van der Waals surface area (Å²) in [6.07, 6.45) is -4.08. The van der Waals surface area contributed by atoms with Crippen LogP contribution in [0.1, 0.15) is 37.3 Å². The molecule has 0 aliphatic rings. The Morgan fingerprint density at radius 3 is 2.62 bits per heavy atom. The van der Waals surface area contributed by atoms with Crippen molar-refractivity contribution in [2.45, 2.75) is 45.0 Å². The second kappa shape index (κ2) is 10.7. The normalized spacial score (nSPS) is 12.7. The number of aromatic amines is 1. The third-order valence-corrected chi connectivity index (χ3v) is 5.97. The van der Waals surface area contributed by atoms with Crippen LogP contribution < -0.4 is 22.2 Å². The van der Waals surface area contributed by atoms with Gasteiger partial charge in [0, 0.05) is 30.5 Å². The first-order chi connectivity index (χ1) is 18.4. The van der Waals surface area contributed by atoms with Gasteiger partial charge in [0.05, 0.1) is 28.5 Å². The van der Waals surface area contributed by atoms with Gasteiger partial charge >= 0.3 is 6.18 Å². The van der Waals surface area contributed by atoms with Crippen LogP contribution in [-0.2, 0) is 12.7 Å². The number of H-pyrrole nitrogens is 1. The van der Waals surface area contributed by atoms with E-state index in [0.29, 0.717) is 12.8 Å². The van der Waals surface area contributed by atoms with Crippen molar-refractivity contribution in [1.29, 1.82) is 0 Å². The number of benzene rings is 1. The SMILES string of the molecule is CC(CCCn1ccc2cc(-c3nc(N)ncc3C(F)F)c(F)cc2c1=O)Nc1cn[nH]c(=O)c1C(F)(F)F. The average Bonchev–Trinajstić information content (AvgIpc) is 2.84. The van der Waals surface area contributed by atoms with Crippen molar-refractivity contribution < 1.29 is 26.3 Å². The Morgan fingerprint density at radius 2 is 1.92 bits per heavy atom. The molecule has 4 aromatic rings. The number of halogens is 6. The number of nitrogens with zero attached hydrogens (tertiary/aromatic N) is 4. The van der Waals surface area contributed by atoms with Crippen LogP contribution in [0.25, 0.3) is 22.0 Å². The highest BCUT2D eigenvalue weighted by atomic mass is 19.4. The summed E-state index contributed by atoms with van der Waals surface area (Å²) in [6.45, 7) is 1.76. The molecule has 0 saturated heterocycles. The quantitative estimate of drug-likeness (QED) is 0.274. The number of nitrogens with one attached hydrogen (secondary N) is 2. The van der Waals surface area contributed by atoms with Crippen molar-refractivity contribution >= 4 is 22.4 Å². The molecule has 4 N–H and O–H groups in total. The first-order valence-electron chi connectivity index (χ1n) is 11.5. The van der Waals surface area contributed by atoms with E-state index in [-0.39, 0.29) is 34.5 Å². The number of nitrogen functional groups attached to an aromatic ring is 1. The van der Waals surface area contributed by atoms with Crippen LogP contribution in [0.3, 0.4) is 0 Å². The van der Waals surface area contributed by atoms with Crippen LogP contribution in [0.4, 0.5) is 38.0 Å². The number of pyridine rings is 1. The molecule has 0 spiro atoms. The fraction of sp³-hybridized carbons (Fsp3) is 0.292. The minimum Gasteiger partial charge on any atom is -0.381 e. The molecule has 39 heavy (non-hydrogen) atoms. The largest absolute Gasteiger partial charge is 0.423 e. The van der Waals surface area contributed by atoms with Crippen LogP contribution in [0.2, 0.25) is 0 Å². The molecule has 0 saturated carbocycles. The molecule has 1 unspecified atom stereocenters. The van der Waals surface area contributed by atoms with Crippen LogP contribution in [0.5, 0.6) is 0 Å². The molecule has 4 rings (SSSR count). The zero-order chi connectivity index (χ0) is 28.5. The van der Waals surface area contributed by atoms with Crippen molar-refractivity contribution in [3.8, 4) is 11.3 Å². The number of alkyl halides is 5. The number of aryl methyl sites for hydroxylation is 1. The third kappa shape index (κ3) is 5.86. The molecule has 0 aliphatic carbocycles. The van der Waals surface area contributed by atoms with Crippen molar-refractivity contribution in [3.63, 3.8) is 0 Å². The van der Waals surface area contributed by atoms with E-state index in [4.69, 9.17) is 5.73 Å². The van der Waals surface area contributed by atoms with E-state index in [1.165, 1.54) is 22.9 Å². The maximum absolute atomic E-state index is 15.0. The van der Waals surface area contributed by atoms with Gasteiger partial charge in [-0.2, -0.15) is 18.3 Å². The predicted octanol–water partition coefficient (Wildman–Crippen LogP) is 4.50. The average molecular weight is 553 g/mol. The summed E-state index contributed by atoms with van der Waals surface area (Å²) in [4.78, 5) is 31.9. The smallest absolute Gasteiger partial charge is 0.381 e. The van der Waals surface area contributed by atoms with E-state index in [0.717, 1.165) is 18.5 Å². The van der Waals surface area contributed by atoms with Crippen LogP contribution >= 0.6 is 0 Å². The van der Waals surface area contributed by atoms with Crippen LogP contribution in [0, 0.1) is 5.82 Å². The second-order valence-corrected chi connectivity index (χ2v) is 8.74. The molecule has 9 nitrogen and oxygen atoms in total. The van der Waals surface area contributed by atoms with Gasteiger partial charge in [0.25, 0.3) is 17.5 Å². The lowest BCUT2D eigenvalue weighted by Crippen LogP contribution is -2.27. The summed E-state index contributed by atoms with van der Waals surface area (Å²) in [7, 11) is 0. The number of anilines is 2. The lowest BCUT2D eigenvalue weighted by atomic mass is 10.0. The Morgan fingerprint density at radius 1 is 1.18 bits per heavy atom. The second-order valence-electron chi connectivity index (χ2n) is 8.74. The number of aromatic nitrogens is 5. The van der Waals surface area contributed by atoms with Crippen LogP contribution in [0.15, 0.2) is 46.4 Å². The Kier molecular flexibility index (Phi) is 7.60. The maximum Gasteiger partial charge on any atom is 0.423 e. The highest BCUT2D eigenvalue weighted by Crippen LogP contribution is 2.33. The monoisotopic (exact) mass is 553 g/mol. The molecule has 0 bridgehead atoms. The highest BCUT2D eigenvalue weighted by molar-refractivity contribution is 5.87. The van der Waals surface area contributed by atoms with E-state index in [9.17, 15) is 35.9 Å². The first kappa shape index (κ1) is 27.6. The zero-order valence-electron chi connectivity index (χ0n) is 20.2. The van der Waals surface area contributed by atoms with E-state index in [1.807, 2.05) is 0 Å². The summed E-state index contributed by atoms with van der Waals surface area (Å²) < 4.78 is 82.8. The van der Waals surface area contributed by atoms with Gasteiger partial charge in [0.1, 0.15) is 11.4 Å². The van der Waals surface area contributed by atoms with Crippen molar-refractivity contribution in [1.82, 2.24) is 24.7 Å². The molecule has 1 atom stereocenters. The molecule has 206 valence electrons. The van der Waals surface area contributed by atoms with Gasteiger partial charge < -0.3 is 15.6 Å². The van der Waals surface area contributed by atoms with Gasteiger partial charge in [0.15, 0.2) is 0 Å². The Labute approximate surface area is 215 Å². The van der Waals surface area contributed by atoms with Gasteiger partial charge in [-0.15, -0.1) is 0 Å². The molecule has 3 heterocycles. The summed E-state index contributed by atoms with van der Waals surface area (Å²) in [6, 6.07) is 3.14. The van der Waals surface area contributed by atoms with E-state index in [2.05, 4.69) is 20.4 Å². The molecule has 0 amide bonds. The minimum atomic E-state index is -4.88. The fourth-order valence-corrected chi connectivity index (χ4v) is 4.14. The molecular weight excluding hydrogens is 532 g/mol. The summed E-state index contributed by atoms with van der Waals surface area (Å²) in [5.74, 6) is -1.28. The van der Waals surface area contributed by atoms with Gasteiger partial charge in [0.2, 0.25) is 5.95 Å². The van der Waals surface area contributed by atoms with Gasteiger partial charge in [-0.05, 0) is 43.4 Å². The van der Waals surface area contributed by atoms with E-state index < -0.39 is 52.4 Å². The van der Waals surface area contributed by atoms with Gasteiger partial charge in [-0.25, -0.2) is 28.2 Å². The summed E-state index contributed by atoms with van der Waals surface area (Å²) >= 11 is 0. The van der Waals surface area contributed by atoms with Crippen molar-refractivity contribution in [3.05, 3.63) is 74.4 Å². The third-order valence-electron chi connectivity index (χ3n) is 5.97. The van der Waals surface area contributed by atoms with Crippen molar-refractivity contribution in [2.24, 2.45) is 0 Å². The number of rotatable bonds is 8. The minimum absolute atomic E-state index is 0.00467. The topological polar surface area (TPSA) is 132 Å². The van der Waals surface area contributed by atoms with Crippen LogP contribution in [-0.4, -0.2) is 30.8 Å². The standard InChI is InChI=1S/C24H21F6N7O2/c1-11(34-17-10-33-36-21(38)18(17)24(28,29)30)3-2-5-37-6-4-12-7-14(16(25)8-13(12)22(37)39)19-15(20(26)27)9-32-23(31)35-19/h4,6-11,20H,2-3,5H2,1H3,(H2,31,32,35)(H2,34,36,38). The Balaban J connectivity index is 1.52. The highest BCUT2D eigenvalue weighted by Gasteiger charge is 2.37. The molecule has 3 aromatic heterocycles. The van der Waals surface area contributed by atoms with Gasteiger partial charge in [-0.1, -0.05) is 0 Å². The van der Waals surface area contributed by atoms with Crippen molar-refractivity contribution in [2.75, 3.05) is 11.1 Å². The van der Waals surface area contributed by atoms with Gasteiger partial charge in [-0.3, -0.25) is 9.59 Å². The number of fused-ring (bicyclic) bond motifs is 1. The molecule has 0 aliphatic heterocycles. The molecule has 0 radical (unpaired) electrons. The van der Waals surface area contributed by atoms with E-state index >= 15 is 0 Å². The molecule has 15 heteroatoms. The Hall–Kier alpha value is -4.43. The van der Waals surface area contributed by atoms with E-state index in [1.54, 1.807) is 12.0 Å². The lowest BCUT2D eigenvalue weighted by Gasteiger charge is -2.18. The Bertz CT molecular complexity index is 1630. The predicted molar refractivity (Wildman–Crippen MR) is 131 cm³/mol. The maximum atomic E-state index is 15.0. The zero-order valence-corrected chi connectivity index (χ0v) is 20.2. The fourth-order valence-electron chi connectivity index (χ4n) is 4.14. The molecular formula is C24H21F6N7O2. The summed E-state index contributed by atoms with van der Waals surface area (Å²) in [5.41, 5.74) is 0.467. The first-order valence-corrected chi connectivity index (χ1v) is 11.5. The number of hydrogen-bond acceptors (Lipinski definition) is 7. The number of nitrogens with two attached hydrogens (primary N) is 1. The number of hydrogen-bond donors (Lipinski definition) is 3. The molecule has 1 aromatic carbocycles. The molecule has 0 fully saturated rings.